The van der Waals surface area contributed by atoms with E-state index in [1.807, 2.05) is 13.8 Å². The quantitative estimate of drug-likeness (QED) is 0.531. The number of hydrogen-bond donors (Lipinski definition) is 3. The fraction of sp³-hybridized carbons (Fsp3) is 0.625. The Labute approximate surface area is 152 Å². The summed E-state index contributed by atoms with van der Waals surface area (Å²) in [5.41, 5.74) is 0. The van der Waals surface area contributed by atoms with E-state index in [0.717, 1.165) is 12.4 Å². The number of amides is 1. The molecule has 10 heteroatoms. The molecule has 2 unspecified atom stereocenters. The predicted molar refractivity (Wildman–Crippen MR) is 93.6 cm³/mol. The van der Waals surface area contributed by atoms with Crippen molar-refractivity contribution in [1.29, 1.82) is 0 Å². The molecule has 2 rings (SSSR count). The standard InChI is InChI=1S/C16H24BFN4O4/c1-10(2)7-14(17(25)26)21-15(24)4-3-13(23)12-5-6-22(12)16-19-8-11(18)9-20-16/h8-10,12,14,25-26H,3-7H2,1-2H3,(H,21,24). The lowest BCUT2D eigenvalue weighted by molar-refractivity contribution is -0.126. The Bertz CT molecular complexity index is 629. The van der Waals surface area contributed by atoms with Crippen molar-refractivity contribution in [2.45, 2.75) is 51.5 Å². The summed E-state index contributed by atoms with van der Waals surface area (Å²) in [7, 11) is -1.64. The average Bonchev–Trinajstić information content (AvgIpc) is 2.53. The molecule has 0 aromatic carbocycles. The number of halogens is 1. The van der Waals surface area contributed by atoms with Crippen molar-refractivity contribution in [2.75, 3.05) is 11.4 Å². The summed E-state index contributed by atoms with van der Waals surface area (Å²) in [4.78, 5) is 33.7. The van der Waals surface area contributed by atoms with E-state index in [1.165, 1.54) is 0 Å². The minimum Gasteiger partial charge on any atom is -0.426 e. The minimum absolute atomic E-state index is 0.0319. The average molecular weight is 366 g/mol. The van der Waals surface area contributed by atoms with Crippen molar-refractivity contribution in [3.63, 3.8) is 0 Å². The number of rotatable bonds is 9. The van der Waals surface area contributed by atoms with Crippen LogP contribution in [0.15, 0.2) is 12.4 Å². The van der Waals surface area contributed by atoms with E-state index in [9.17, 15) is 24.0 Å². The van der Waals surface area contributed by atoms with E-state index in [0.29, 0.717) is 25.3 Å². The van der Waals surface area contributed by atoms with Crippen LogP contribution < -0.4 is 10.2 Å². The third-order valence-corrected chi connectivity index (χ3v) is 4.28. The first-order chi connectivity index (χ1) is 12.3. The molecule has 142 valence electrons. The molecular weight excluding hydrogens is 342 g/mol. The van der Waals surface area contributed by atoms with Gasteiger partial charge in [0.25, 0.3) is 0 Å². The van der Waals surface area contributed by atoms with E-state index >= 15 is 0 Å². The van der Waals surface area contributed by atoms with Gasteiger partial charge in [0.1, 0.15) is 0 Å². The molecule has 2 atom stereocenters. The Morgan fingerprint density at radius 1 is 1.35 bits per heavy atom. The van der Waals surface area contributed by atoms with Gasteiger partial charge in [-0.2, -0.15) is 0 Å². The van der Waals surface area contributed by atoms with Gasteiger partial charge in [0.15, 0.2) is 11.6 Å². The molecule has 0 radical (unpaired) electrons. The highest BCUT2D eigenvalue weighted by Gasteiger charge is 2.35. The van der Waals surface area contributed by atoms with Crippen LogP contribution in [0, 0.1) is 11.7 Å². The van der Waals surface area contributed by atoms with Gasteiger partial charge in [-0.3, -0.25) is 9.59 Å². The smallest absolute Gasteiger partial charge is 0.426 e. The summed E-state index contributed by atoms with van der Waals surface area (Å²) in [6, 6.07) is -0.414. The fourth-order valence-corrected chi connectivity index (χ4v) is 2.86. The zero-order chi connectivity index (χ0) is 19.3. The fourth-order valence-electron chi connectivity index (χ4n) is 2.86. The molecule has 2 heterocycles. The first kappa shape index (κ1) is 20.2. The summed E-state index contributed by atoms with van der Waals surface area (Å²) in [6.45, 7) is 4.42. The number of aromatic nitrogens is 2. The molecule has 26 heavy (non-hydrogen) atoms. The monoisotopic (exact) mass is 366 g/mol. The maximum Gasteiger partial charge on any atom is 0.475 e. The number of carbonyl (C=O) groups is 2. The van der Waals surface area contributed by atoms with Gasteiger partial charge in [-0.15, -0.1) is 0 Å². The van der Waals surface area contributed by atoms with Gasteiger partial charge >= 0.3 is 7.12 Å². The number of nitrogens with one attached hydrogen (secondary N) is 1. The van der Waals surface area contributed by atoms with Crippen LogP contribution in [0.1, 0.15) is 39.5 Å². The van der Waals surface area contributed by atoms with Crippen molar-refractivity contribution in [3.05, 3.63) is 18.2 Å². The number of nitrogens with zero attached hydrogens (tertiary/aromatic N) is 3. The molecule has 1 fully saturated rings. The zero-order valence-electron chi connectivity index (χ0n) is 14.9. The lowest BCUT2D eigenvalue weighted by Gasteiger charge is -2.39. The van der Waals surface area contributed by atoms with Gasteiger partial charge in [0.05, 0.1) is 24.4 Å². The second-order valence-electron chi connectivity index (χ2n) is 6.88. The van der Waals surface area contributed by atoms with Crippen LogP contribution in [0.4, 0.5) is 10.3 Å². The molecule has 1 aliphatic rings. The molecule has 3 N–H and O–H groups in total. The predicted octanol–water partition coefficient (Wildman–Crippen LogP) is 0.0866. The molecule has 1 amide bonds. The number of Topliss-reactive ketones (excluding diaryl/α,β-unsaturated/α-hetero) is 1. The van der Waals surface area contributed by atoms with Gasteiger partial charge in [0, 0.05) is 19.4 Å². The van der Waals surface area contributed by atoms with Crippen LogP contribution in [0.2, 0.25) is 0 Å². The van der Waals surface area contributed by atoms with Crippen molar-refractivity contribution in [1.82, 2.24) is 15.3 Å². The molecule has 1 aliphatic heterocycles. The lowest BCUT2D eigenvalue weighted by atomic mass is 9.75. The van der Waals surface area contributed by atoms with E-state index in [-0.39, 0.29) is 24.5 Å². The van der Waals surface area contributed by atoms with Crippen LogP contribution in [0.5, 0.6) is 0 Å². The summed E-state index contributed by atoms with van der Waals surface area (Å²) >= 11 is 0. The molecule has 1 aromatic heterocycles. The molecule has 0 bridgehead atoms. The topological polar surface area (TPSA) is 116 Å². The van der Waals surface area contributed by atoms with Crippen LogP contribution in [-0.4, -0.2) is 57.4 Å². The first-order valence-corrected chi connectivity index (χ1v) is 8.70. The Hall–Kier alpha value is -2.07. The SMILES string of the molecule is CC(C)CC(NC(=O)CCC(=O)C1CCN1c1ncc(F)cn1)B(O)O. The van der Waals surface area contributed by atoms with E-state index in [2.05, 4.69) is 15.3 Å². The minimum atomic E-state index is -1.64. The van der Waals surface area contributed by atoms with Crippen LogP contribution >= 0.6 is 0 Å². The summed E-state index contributed by atoms with van der Waals surface area (Å²) in [5, 5.41) is 21.2. The second kappa shape index (κ2) is 9.04. The highest BCUT2D eigenvalue weighted by Crippen LogP contribution is 2.24. The third-order valence-electron chi connectivity index (χ3n) is 4.28. The van der Waals surface area contributed by atoms with Crippen LogP contribution in [-0.2, 0) is 9.59 Å². The number of ketones is 1. The second-order valence-corrected chi connectivity index (χ2v) is 6.88. The van der Waals surface area contributed by atoms with Gasteiger partial charge in [-0.25, -0.2) is 14.4 Å². The highest BCUT2D eigenvalue weighted by molar-refractivity contribution is 6.43. The first-order valence-electron chi connectivity index (χ1n) is 8.70. The molecule has 0 aliphatic carbocycles. The number of carbonyl (C=O) groups excluding carboxylic acids is 2. The van der Waals surface area contributed by atoms with E-state index in [4.69, 9.17) is 0 Å². The summed E-state index contributed by atoms with van der Waals surface area (Å²) in [6.07, 6.45) is 3.15. The number of anilines is 1. The van der Waals surface area contributed by atoms with Gasteiger partial charge in [-0.1, -0.05) is 13.8 Å². The summed E-state index contributed by atoms with van der Waals surface area (Å²) in [5.74, 6) is -1.35. The van der Waals surface area contributed by atoms with Gasteiger partial charge in [-0.05, 0) is 18.8 Å². The molecule has 1 aromatic rings. The zero-order valence-corrected chi connectivity index (χ0v) is 14.9. The van der Waals surface area contributed by atoms with Crippen LogP contribution in [0.25, 0.3) is 0 Å². The molecule has 8 nitrogen and oxygen atoms in total. The molecule has 0 saturated carbocycles. The maximum atomic E-state index is 12.9. The Balaban J connectivity index is 1.82. The van der Waals surface area contributed by atoms with Crippen molar-refractivity contribution in [3.8, 4) is 0 Å². The Morgan fingerprint density at radius 3 is 2.50 bits per heavy atom. The highest BCUT2D eigenvalue weighted by atomic mass is 19.1. The van der Waals surface area contributed by atoms with E-state index in [1.54, 1.807) is 4.90 Å². The molecule has 0 spiro atoms. The van der Waals surface area contributed by atoms with Gasteiger partial charge < -0.3 is 20.3 Å². The molecule has 1 saturated heterocycles. The summed E-state index contributed by atoms with van der Waals surface area (Å²) < 4.78 is 12.9. The largest absolute Gasteiger partial charge is 0.475 e. The Kier molecular flexibility index (Phi) is 7.04. The maximum absolute atomic E-state index is 12.9. The van der Waals surface area contributed by atoms with Crippen molar-refractivity contribution in [2.24, 2.45) is 5.92 Å². The van der Waals surface area contributed by atoms with Gasteiger partial charge in [0.2, 0.25) is 11.9 Å². The van der Waals surface area contributed by atoms with Crippen molar-refractivity contribution >= 4 is 24.8 Å². The van der Waals surface area contributed by atoms with Crippen molar-refractivity contribution < 1.29 is 24.0 Å². The lowest BCUT2D eigenvalue weighted by Crippen LogP contribution is -2.53. The third kappa shape index (κ3) is 5.47. The Morgan fingerprint density at radius 2 is 2.00 bits per heavy atom. The molecular formula is C16H24BFN4O4. The normalized spacial score (nSPS) is 17.6. The number of hydrogen-bond acceptors (Lipinski definition) is 7. The van der Waals surface area contributed by atoms with Crippen LogP contribution in [0.3, 0.4) is 0 Å². The van der Waals surface area contributed by atoms with E-state index < -0.39 is 30.8 Å².